The number of fused-ring (bicyclic) bond motifs is 1. The minimum Gasteiger partial charge on any atom is -0.497 e. The van der Waals surface area contributed by atoms with E-state index in [-0.39, 0.29) is 17.7 Å². The predicted molar refractivity (Wildman–Crippen MR) is 124 cm³/mol. The van der Waals surface area contributed by atoms with E-state index in [1.165, 1.54) is 11.3 Å². The third kappa shape index (κ3) is 4.75. The second-order valence-electron chi connectivity index (χ2n) is 7.48. The van der Waals surface area contributed by atoms with E-state index in [2.05, 4.69) is 15.6 Å². The van der Waals surface area contributed by atoms with Crippen LogP contribution in [0.3, 0.4) is 0 Å². The highest BCUT2D eigenvalue weighted by Crippen LogP contribution is 2.37. The Kier molecular flexibility index (Phi) is 6.70. The van der Waals surface area contributed by atoms with Crippen LogP contribution < -0.4 is 20.1 Å². The number of nitrogens with one attached hydrogen (secondary N) is 2. The average Bonchev–Trinajstić information content (AvgIpc) is 3.25. The minimum absolute atomic E-state index is 0.0600. The van der Waals surface area contributed by atoms with Gasteiger partial charge >= 0.3 is 0 Å². The van der Waals surface area contributed by atoms with Crippen LogP contribution in [0.5, 0.6) is 11.5 Å². The summed E-state index contributed by atoms with van der Waals surface area (Å²) in [6, 6.07) is 14.5. The standard InChI is InChI=1S/C24H25N3O4S/c1-30-17-12-10-15(11-13-17)22(28)27-24-26-21-18(7-5-9-20(21)32-24)23(29)25-14-16-6-3-4-8-19(16)31-2/h3-4,6,8,10-13,18H,5,7,9,14H2,1-2H3,(H,25,29)(H,26,27,28)/t18-/m0/s1. The Bertz CT molecular complexity index is 1110. The zero-order valence-electron chi connectivity index (χ0n) is 18.0. The summed E-state index contributed by atoms with van der Waals surface area (Å²) in [6.45, 7) is 0.389. The molecule has 1 aromatic heterocycles. The SMILES string of the molecule is COc1ccc(C(=O)Nc2nc3c(s2)CCC[C@@H]3C(=O)NCc2ccccc2OC)cc1. The highest BCUT2D eigenvalue weighted by atomic mass is 32.1. The molecule has 0 radical (unpaired) electrons. The number of ether oxygens (including phenoxy) is 2. The fourth-order valence-electron chi connectivity index (χ4n) is 3.79. The first-order valence-corrected chi connectivity index (χ1v) is 11.2. The summed E-state index contributed by atoms with van der Waals surface area (Å²) >= 11 is 1.44. The molecule has 0 bridgehead atoms. The van der Waals surface area contributed by atoms with Crippen LogP contribution in [0, 0.1) is 0 Å². The number of carbonyl (C=O) groups is 2. The molecule has 32 heavy (non-hydrogen) atoms. The Hall–Kier alpha value is -3.39. The predicted octanol–water partition coefficient (Wildman–Crippen LogP) is 4.15. The largest absolute Gasteiger partial charge is 0.497 e. The van der Waals surface area contributed by atoms with Crippen molar-refractivity contribution >= 4 is 28.3 Å². The number of carbonyl (C=O) groups excluding carboxylic acids is 2. The van der Waals surface area contributed by atoms with Crippen molar-refractivity contribution in [2.24, 2.45) is 0 Å². The van der Waals surface area contributed by atoms with Gasteiger partial charge in [-0.15, -0.1) is 11.3 Å². The monoisotopic (exact) mass is 451 g/mol. The molecule has 2 aromatic carbocycles. The normalized spacial score (nSPS) is 14.9. The van der Waals surface area contributed by atoms with Gasteiger partial charge in [0, 0.05) is 22.5 Å². The maximum atomic E-state index is 13.0. The molecule has 2 amide bonds. The van der Waals surface area contributed by atoms with Crippen LogP contribution in [0.2, 0.25) is 0 Å². The van der Waals surface area contributed by atoms with Gasteiger partial charge in [-0.3, -0.25) is 14.9 Å². The molecule has 1 aliphatic rings. The van der Waals surface area contributed by atoms with Gasteiger partial charge in [0.2, 0.25) is 5.91 Å². The smallest absolute Gasteiger partial charge is 0.257 e. The summed E-state index contributed by atoms with van der Waals surface area (Å²) in [4.78, 5) is 31.2. The second-order valence-corrected chi connectivity index (χ2v) is 8.57. The van der Waals surface area contributed by atoms with E-state index in [4.69, 9.17) is 9.47 Å². The Morgan fingerprint density at radius 2 is 1.88 bits per heavy atom. The van der Waals surface area contributed by atoms with E-state index >= 15 is 0 Å². The van der Waals surface area contributed by atoms with Crippen LogP contribution in [0.4, 0.5) is 5.13 Å². The molecule has 166 valence electrons. The molecule has 3 aromatic rings. The van der Waals surface area contributed by atoms with E-state index in [9.17, 15) is 9.59 Å². The Morgan fingerprint density at radius 3 is 2.62 bits per heavy atom. The summed E-state index contributed by atoms with van der Waals surface area (Å²) in [5.74, 6) is 0.810. The molecule has 2 N–H and O–H groups in total. The van der Waals surface area contributed by atoms with Crippen molar-refractivity contribution in [3.8, 4) is 11.5 Å². The molecule has 8 heteroatoms. The van der Waals surface area contributed by atoms with Crippen LogP contribution in [-0.4, -0.2) is 31.0 Å². The van der Waals surface area contributed by atoms with Gasteiger partial charge in [0.25, 0.3) is 5.91 Å². The maximum absolute atomic E-state index is 13.0. The molecule has 1 aliphatic carbocycles. The van der Waals surface area contributed by atoms with Gasteiger partial charge in [-0.2, -0.15) is 0 Å². The fourth-order valence-corrected chi connectivity index (χ4v) is 4.85. The molecule has 0 saturated carbocycles. The van der Waals surface area contributed by atoms with Crippen LogP contribution in [0.1, 0.15) is 45.3 Å². The highest BCUT2D eigenvalue weighted by molar-refractivity contribution is 7.16. The van der Waals surface area contributed by atoms with Gasteiger partial charge < -0.3 is 14.8 Å². The van der Waals surface area contributed by atoms with Gasteiger partial charge in [0.15, 0.2) is 5.13 Å². The lowest BCUT2D eigenvalue weighted by Crippen LogP contribution is -2.31. The van der Waals surface area contributed by atoms with E-state index in [0.717, 1.165) is 41.1 Å². The van der Waals surface area contributed by atoms with Crippen molar-refractivity contribution < 1.29 is 19.1 Å². The second kappa shape index (κ2) is 9.82. The molecule has 7 nitrogen and oxygen atoms in total. The Balaban J connectivity index is 1.44. The van der Waals surface area contributed by atoms with E-state index in [1.54, 1.807) is 38.5 Å². The van der Waals surface area contributed by atoms with Crippen molar-refractivity contribution in [2.75, 3.05) is 19.5 Å². The van der Waals surface area contributed by atoms with Crippen LogP contribution in [0.15, 0.2) is 48.5 Å². The van der Waals surface area contributed by atoms with Crippen molar-refractivity contribution in [2.45, 2.75) is 31.7 Å². The number of nitrogens with zero attached hydrogens (tertiary/aromatic N) is 1. The summed E-state index contributed by atoms with van der Waals surface area (Å²) in [5, 5.41) is 6.40. The third-order valence-corrected chi connectivity index (χ3v) is 6.54. The number of aromatic nitrogens is 1. The maximum Gasteiger partial charge on any atom is 0.257 e. The number of benzene rings is 2. The molecule has 4 rings (SSSR count). The van der Waals surface area contributed by atoms with E-state index in [0.29, 0.717) is 23.0 Å². The zero-order chi connectivity index (χ0) is 22.5. The van der Waals surface area contributed by atoms with Crippen LogP contribution in [-0.2, 0) is 17.8 Å². The number of aryl methyl sites for hydroxylation is 1. The topological polar surface area (TPSA) is 89.5 Å². The summed E-state index contributed by atoms with van der Waals surface area (Å²) in [5.41, 5.74) is 2.21. The number of anilines is 1. The quantitative estimate of drug-likeness (QED) is 0.563. The van der Waals surface area contributed by atoms with Gasteiger partial charge in [-0.25, -0.2) is 4.98 Å². The number of hydrogen-bond donors (Lipinski definition) is 2. The fraction of sp³-hybridized carbons (Fsp3) is 0.292. The first kappa shape index (κ1) is 21.8. The van der Waals surface area contributed by atoms with Gasteiger partial charge in [-0.1, -0.05) is 18.2 Å². The molecule has 0 aliphatic heterocycles. The van der Waals surface area contributed by atoms with Gasteiger partial charge in [0.1, 0.15) is 11.5 Å². The molecule has 0 unspecified atom stereocenters. The van der Waals surface area contributed by atoms with Gasteiger partial charge in [-0.05, 0) is 49.6 Å². The molecule has 0 fully saturated rings. The van der Waals surface area contributed by atoms with Gasteiger partial charge in [0.05, 0.1) is 25.8 Å². The third-order valence-electron chi connectivity index (χ3n) is 5.49. The number of hydrogen-bond acceptors (Lipinski definition) is 6. The lowest BCUT2D eigenvalue weighted by atomic mass is 9.90. The molecule has 1 heterocycles. The number of rotatable bonds is 7. The number of para-hydroxylation sites is 1. The van der Waals surface area contributed by atoms with Crippen LogP contribution >= 0.6 is 11.3 Å². The number of thiazole rings is 1. The first-order valence-electron chi connectivity index (χ1n) is 10.4. The van der Waals surface area contributed by atoms with Crippen molar-refractivity contribution in [3.05, 3.63) is 70.2 Å². The molecule has 0 spiro atoms. The molecule has 1 atom stereocenters. The molecule has 0 saturated heterocycles. The van der Waals surface area contributed by atoms with Crippen molar-refractivity contribution in [1.82, 2.24) is 10.3 Å². The Morgan fingerprint density at radius 1 is 1.09 bits per heavy atom. The average molecular weight is 452 g/mol. The summed E-state index contributed by atoms with van der Waals surface area (Å²) in [6.07, 6.45) is 2.51. The Labute approximate surface area is 190 Å². The lowest BCUT2D eigenvalue weighted by molar-refractivity contribution is -0.123. The summed E-state index contributed by atoms with van der Waals surface area (Å²) in [7, 11) is 3.20. The molecular formula is C24H25N3O4S. The number of methoxy groups -OCH3 is 2. The van der Waals surface area contributed by atoms with Crippen molar-refractivity contribution in [3.63, 3.8) is 0 Å². The highest BCUT2D eigenvalue weighted by Gasteiger charge is 2.30. The zero-order valence-corrected chi connectivity index (χ0v) is 18.8. The van der Waals surface area contributed by atoms with Crippen LogP contribution in [0.25, 0.3) is 0 Å². The number of amides is 2. The first-order chi connectivity index (χ1) is 15.6. The molecular weight excluding hydrogens is 426 g/mol. The minimum atomic E-state index is -0.323. The van der Waals surface area contributed by atoms with E-state index in [1.807, 2.05) is 24.3 Å². The lowest BCUT2D eigenvalue weighted by Gasteiger charge is -2.20. The van der Waals surface area contributed by atoms with E-state index < -0.39 is 0 Å². The van der Waals surface area contributed by atoms with Crippen molar-refractivity contribution in [1.29, 1.82) is 0 Å². The summed E-state index contributed by atoms with van der Waals surface area (Å²) < 4.78 is 10.5.